The number of anilines is 3. The highest BCUT2D eigenvalue weighted by molar-refractivity contribution is 6.10. The molecule has 282 valence electrons. The Morgan fingerprint density at radius 1 is 0.390 bits per heavy atom. The maximum Gasteiger partial charge on any atom is 0.0541 e. The maximum absolute atomic E-state index is 2.48. The summed E-state index contributed by atoms with van der Waals surface area (Å²) in [5.74, 6) is 0. The molecule has 2 nitrogen and oxygen atoms in total. The Hall–Kier alpha value is -7.16. The number of fused-ring (bicyclic) bond motifs is 7. The minimum absolute atomic E-state index is 0.0159. The molecule has 0 amide bonds. The molecule has 11 rings (SSSR count). The first-order chi connectivity index (χ1) is 29.1. The molecule has 0 atom stereocenters. The van der Waals surface area contributed by atoms with Gasteiger partial charge in [0.05, 0.1) is 11.0 Å². The van der Waals surface area contributed by atoms with Gasteiger partial charge < -0.3 is 9.47 Å². The highest BCUT2D eigenvalue weighted by Gasteiger charge is 2.40. The number of rotatable bonds is 8. The van der Waals surface area contributed by atoms with Crippen LogP contribution in [-0.2, 0) is 5.41 Å². The van der Waals surface area contributed by atoms with Gasteiger partial charge in [-0.15, -0.1) is 0 Å². The molecular formula is C57H44N2. The number of nitrogens with zero attached hydrogens (tertiary/aromatic N) is 2. The van der Waals surface area contributed by atoms with Crippen LogP contribution in [0.5, 0.6) is 0 Å². The number of hydrogen-bond acceptors (Lipinski definition) is 1. The van der Waals surface area contributed by atoms with Crippen molar-refractivity contribution >= 4 is 49.6 Å². The molecule has 0 N–H and O–H groups in total. The molecule has 0 bridgehead atoms. The molecule has 0 aliphatic heterocycles. The van der Waals surface area contributed by atoms with Crippen molar-refractivity contribution in [3.05, 3.63) is 217 Å². The summed E-state index contributed by atoms with van der Waals surface area (Å²) >= 11 is 0. The first-order valence-corrected chi connectivity index (χ1v) is 21.0. The third-order valence-electron chi connectivity index (χ3n) is 13.1. The van der Waals surface area contributed by atoms with E-state index in [0.29, 0.717) is 0 Å². The van der Waals surface area contributed by atoms with Crippen LogP contribution in [0.2, 0.25) is 0 Å². The molecular weight excluding hydrogens is 713 g/mol. The van der Waals surface area contributed by atoms with Gasteiger partial charge in [0.1, 0.15) is 0 Å². The van der Waals surface area contributed by atoms with E-state index in [2.05, 4.69) is 230 Å². The van der Waals surface area contributed by atoms with E-state index in [-0.39, 0.29) is 5.41 Å². The minimum atomic E-state index is -0.0159. The molecule has 0 unspecified atom stereocenters. The third kappa shape index (κ3) is 5.55. The normalized spacial score (nSPS) is 12.8. The monoisotopic (exact) mass is 756 g/mol. The molecule has 2 heteroatoms. The van der Waals surface area contributed by atoms with Gasteiger partial charge in [-0.1, -0.05) is 153 Å². The van der Waals surface area contributed by atoms with Crippen molar-refractivity contribution in [2.24, 2.45) is 0 Å². The van der Waals surface area contributed by atoms with E-state index >= 15 is 0 Å². The van der Waals surface area contributed by atoms with Crippen LogP contribution in [0.25, 0.3) is 71.6 Å². The van der Waals surface area contributed by atoms with Gasteiger partial charge in [0.15, 0.2) is 0 Å². The zero-order valence-electron chi connectivity index (χ0n) is 33.4. The maximum atomic E-state index is 2.48. The number of benzene rings is 9. The van der Waals surface area contributed by atoms with Crippen LogP contribution >= 0.6 is 0 Å². The fourth-order valence-corrected chi connectivity index (χ4v) is 10.1. The zero-order chi connectivity index (χ0) is 39.5. The molecule has 1 heterocycles. The van der Waals surface area contributed by atoms with E-state index in [0.717, 1.165) is 24.2 Å². The average Bonchev–Trinajstić information content (AvgIpc) is 3.79. The second-order valence-electron chi connectivity index (χ2n) is 15.9. The topological polar surface area (TPSA) is 8.17 Å². The van der Waals surface area contributed by atoms with Crippen LogP contribution in [0.4, 0.5) is 17.1 Å². The van der Waals surface area contributed by atoms with Gasteiger partial charge in [-0.25, -0.2) is 0 Å². The molecule has 59 heavy (non-hydrogen) atoms. The lowest BCUT2D eigenvalue weighted by atomic mass is 9.74. The molecule has 1 aliphatic rings. The van der Waals surface area contributed by atoms with Crippen molar-refractivity contribution in [2.45, 2.75) is 32.1 Å². The number of hydrogen-bond donors (Lipinski definition) is 0. The highest BCUT2D eigenvalue weighted by Crippen LogP contribution is 2.54. The van der Waals surface area contributed by atoms with Crippen molar-refractivity contribution in [3.8, 4) is 39.1 Å². The van der Waals surface area contributed by atoms with Crippen molar-refractivity contribution in [1.29, 1.82) is 0 Å². The van der Waals surface area contributed by atoms with Crippen LogP contribution in [0.3, 0.4) is 0 Å². The van der Waals surface area contributed by atoms with Crippen molar-refractivity contribution < 1.29 is 0 Å². The molecule has 1 aromatic heterocycles. The van der Waals surface area contributed by atoms with Crippen LogP contribution in [0.15, 0.2) is 206 Å². The molecule has 0 saturated carbocycles. The van der Waals surface area contributed by atoms with Gasteiger partial charge in [0.25, 0.3) is 0 Å². The summed E-state index contributed by atoms with van der Waals surface area (Å²) in [6.07, 6.45) is 2.11. The predicted molar refractivity (Wildman–Crippen MR) is 251 cm³/mol. The summed E-state index contributed by atoms with van der Waals surface area (Å²) in [5.41, 5.74) is 17.5. The predicted octanol–water partition coefficient (Wildman–Crippen LogP) is 15.8. The summed E-state index contributed by atoms with van der Waals surface area (Å²) in [5, 5.41) is 5.04. The first-order valence-electron chi connectivity index (χ1n) is 21.0. The van der Waals surface area contributed by atoms with Crippen LogP contribution in [-0.4, -0.2) is 4.57 Å². The quantitative estimate of drug-likeness (QED) is 0.150. The SMILES string of the molecule is CCC1(CC)c2ccccc2-c2ccc(N(c3ccc(-c4ccc5c(c4)c4ccccc4n5-c4ccccc4)cc3)c3ccc(-c4cccc5ccccc45)cc3)cc21. The lowest BCUT2D eigenvalue weighted by molar-refractivity contribution is 0.490. The summed E-state index contributed by atoms with van der Waals surface area (Å²) in [7, 11) is 0. The van der Waals surface area contributed by atoms with Gasteiger partial charge in [0.2, 0.25) is 0 Å². The van der Waals surface area contributed by atoms with Gasteiger partial charge in [-0.3, -0.25) is 0 Å². The summed E-state index contributed by atoms with van der Waals surface area (Å²) in [4.78, 5) is 2.44. The Morgan fingerprint density at radius 3 is 1.75 bits per heavy atom. The average molecular weight is 757 g/mol. The fraction of sp³-hybridized carbons (Fsp3) is 0.0877. The van der Waals surface area contributed by atoms with E-state index in [1.54, 1.807) is 0 Å². The van der Waals surface area contributed by atoms with E-state index in [1.165, 1.54) is 88.5 Å². The third-order valence-corrected chi connectivity index (χ3v) is 13.1. The molecule has 0 spiro atoms. The number of aromatic nitrogens is 1. The van der Waals surface area contributed by atoms with Gasteiger partial charge in [-0.05, 0) is 135 Å². The Labute approximate surface area is 346 Å². The summed E-state index contributed by atoms with van der Waals surface area (Å²) in [6.45, 7) is 4.70. The lowest BCUT2D eigenvalue weighted by Crippen LogP contribution is -2.23. The Balaban J connectivity index is 1.03. The molecule has 1 aliphatic carbocycles. The second kappa shape index (κ2) is 14.0. The van der Waals surface area contributed by atoms with Gasteiger partial charge >= 0.3 is 0 Å². The van der Waals surface area contributed by atoms with E-state index in [9.17, 15) is 0 Å². The fourth-order valence-electron chi connectivity index (χ4n) is 10.1. The minimum Gasteiger partial charge on any atom is -0.310 e. The van der Waals surface area contributed by atoms with E-state index in [4.69, 9.17) is 0 Å². The Kier molecular flexibility index (Phi) is 8.34. The Bertz CT molecular complexity index is 3160. The molecule has 0 radical (unpaired) electrons. The lowest BCUT2D eigenvalue weighted by Gasteiger charge is -2.32. The van der Waals surface area contributed by atoms with Crippen molar-refractivity contribution in [1.82, 2.24) is 4.57 Å². The van der Waals surface area contributed by atoms with Crippen molar-refractivity contribution in [2.75, 3.05) is 4.90 Å². The van der Waals surface area contributed by atoms with E-state index in [1.807, 2.05) is 0 Å². The zero-order valence-corrected chi connectivity index (χ0v) is 33.4. The molecule has 10 aromatic rings. The second-order valence-corrected chi connectivity index (χ2v) is 15.9. The first kappa shape index (κ1) is 35.0. The molecule has 0 fully saturated rings. The summed E-state index contributed by atoms with van der Waals surface area (Å²) in [6, 6.07) is 76.1. The van der Waals surface area contributed by atoms with Gasteiger partial charge in [0, 0.05) is 38.9 Å². The van der Waals surface area contributed by atoms with Crippen LogP contribution < -0.4 is 4.90 Å². The van der Waals surface area contributed by atoms with E-state index < -0.39 is 0 Å². The smallest absolute Gasteiger partial charge is 0.0541 e. The molecule has 9 aromatic carbocycles. The Morgan fingerprint density at radius 2 is 0.966 bits per heavy atom. The van der Waals surface area contributed by atoms with Crippen LogP contribution in [0.1, 0.15) is 37.8 Å². The standard InChI is InChI=1S/C57H44N2/c1-3-57(4-2)53-23-12-10-20-49(53)50-35-34-46(38-54(50)57)58(45-32-27-41(28-33-45)48-22-14-16-40-15-8-9-19-47(40)48)44-30-25-39(26-31-44)42-29-36-56-52(37-42)51-21-11-13-24-55(51)59(56)43-17-6-5-7-18-43/h5-38H,3-4H2,1-2H3. The summed E-state index contributed by atoms with van der Waals surface area (Å²) < 4.78 is 2.38. The number of para-hydroxylation sites is 2. The largest absolute Gasteiger partial charge is 0.310 e. The molecule has 0 saturated heterocycles. The van der Waals surface area contributed by atoms with Crippen LogP contribution in [0, 0.1) is 0 Å². The van der Waals surface area contributed by atoms with Gasteiger partial charge in [-0.2, -0.15) is 0 Å². The highest BCUT2D eigenvalue weighted by atomic mass is 15.1. The van der Waals surface area contributed by atoms with Crippen molar-refractivity contribution in [3.63, 3.8) is 0 Å².